The van der Waals surface area contributed by atoms with Gasteiger partial charge < -0.3 is 15.2 Å². The minimum atomic E-state index is -4.09. The Morgan fingerprint density at radius 1 is 1.28 bits per heavy atom. The van der Waals surface area contributed by atoms with E-state index in [1.165, 1.54) is 31.2 Å². The van der Waals surface area contributed by atoms with Gasteiger partial charge in [0, 0.05) is 11.6 Å². The summed E-state index contributed by atoms with van der Waals surface area (Å²) in [5.41, 5.74) is 0. The Morgan fingerprint density at radius 2 is 1.88 bits per heavy atom. The van der Waals surface area contributed by atoms with Crippen molar-refractivity contribution in [3.05, 3.63) is 29.3 Å². The maximum absolute atomic E-state index is 12.3. The van der Waals surface area contributed by atoms with E-state index < -0.39 is 40.7 Å². The molecule has 0 aliphatic rings. The number of carbonyl (C=O) groups is 2. The summed E-state index contributed by atoms with van der Waals surface area (Å²) in [5.74, 6) is -1.57. The first kappa shape index (κ1) is 21.4. The van der Waals surface area contributed by atoms with E-state index >= 15 is 0 Å². The van der Waals surface area contributed by atoms with Crippen LogP contribution in [0.4, 0.5) is 0 Å². The number of nitrogens with one attached hydrogen (secondary N) is 2. The first-order chi connectivity index (χ1) is 11.7. The van der Waals surface area contributed by atoms with Crippen LogP contribution in [0.5, 0.6) is 0 Å². The van der Waals surface area contributed by atoms with Crippen LogP contribution in [0.2, 0.25) is 5.02 Å². The highest BCUT2D eigenvalue weighted by Gasteiger charge is 2.31. The van der Waals surface area contributed by atoms with Crippen molar-refractivity contribution in [3.63, 3.8) is 0 Å². The van der Waals surface area contributed by atoms with E-state index in [-0.39, 0.29) is 4.90 Å². The summed E-state index contributed by atoms with van der Waals surface area (Å²) in [5, 5.41) is 12.6. The number of benzene rings is 1. The molecule has 3 N–H and O–H groups in total. The van der Waals surface area contributed by atoms with Crippen LogP contribution in [0.15, 0.2) is 29.2 Å². The van der Waals surface area contributed by atoms with E-state index in [1.54, 1.807) is 0 Å². The molecular formula is C15H21ClN2O6S. The lowest BCUT2D eigenvalue weighted by molar-refractivity contribution is -0.152. The van der Waals surface area contributed by atoms with Gasteiger partial charge in [-0.1, -0.05) is 18.5 Å². The van der Waals surface area contributed by atoms with Crippen molar-refractivity contribution < 1.29 is 27.9 Å². The first-order valence-corrected chi connectivity index (χ1v) is 9.42. The monoisotopic (exact) mass is 392 g/mol. The molecule has 10 heteroatoms. The molecule has 0 unspecified atom stereocenters. The van der Waals surface area contributed by atoms with Gasteiger partial charge in [0.05, 0.1) is 11.0 Å². The Morgan fingerprint density at radius 3 is 2.40 bits per heavy atom. The summed E-state index contributed by atoms with van der Waals surface area (Å²) in [7, 11) is -4.09. The molecule has 0 bridgehead atoms. The van der Waals surface area contributed by atoms with Crippen LogP contribution in [-0.4, -0.2) is 50.7 Å². The average molecular weight is 393 g/mol. The quantitative estimate of drug-likeness (QED) is 0.524. The van der Waals surface area contributed by atoms with E-state index in [1.807, 2.05) is 6.92 Å². The number of sulfonamides is 1. The predicted octanol–water partition coefficient (Wildman–Crippen LogP) is 0.437. The molecule has 140 valence electrons. The van der Waals surface area contributed by atoms with Crippen molar-refractivity contribution in [1.82, 2.24) is 10.0 Å². The SMILES string of the molecule is CCCNC(=O)COC(=O)[C@@H](NS(=O)(=O)c1ccc(Cl)cc1)[C@H](C)O. The molecule has 1 amide bonds. The maximum atomic E-state index is 12.3. The lowest BCUT2D eigenvalue weighted by atomic mass is 10.2. The molecule has 0 heterocycles. The smallest absolute Gasteiger partial charge is 0.327 e. The van der Waals surface area contributed by atoms with Crippen LogP contribution < -0.4 is 10.0 Å². The molecule has 0 aliphatic carbocycles. The molecule has 0 fully saturated rings. The van der Waals surface area contributed by atoms with Gasteiger partial charge in [0.1, 0.15) is 6.04 Å². The lowest BCUT2D eigenvalue weighted by Crippen LogP contribution is -2.49. The fourth-order valence-electron chi connectivity index (χ4n) is 1.73. The molecule has 1 aromatic rings. The topological polar surface area (TPSA) is 122 Å². The summed E-state index contributed by atoms with van der Waals surface area (Å²) in [4.78, 5) is 23.3. The summed E-state index contributed by atoms with van der Waals surface area (Å²) in [6, 6.07) is 3.72. The summed E-state index contributed by atoms with van der Waals surface area (Å²) in [6.45, 7) is 2.96. The highest BCUT2D eigenvalue weighted by Crippen LogP contribution is 2.15. The molecule has 0 aromatic heterocycles. The van der Waals surface area contributed by atoms with Gasteiger partial charge in [-0.3, -0.25) is 9.59 Å². The van der Waals surface area contributed by atoms with E-state index in [0.717, 1.165) is 6.42 Å². The number of aliphatic hydroxyl groups excluding tert-OH is 1. The molecule has 1 aromatic carbocycles. The van der Waals surface area contributed by atoms with Crippen molar-refractivity contribution in [3.8, 4) is 0 Å². The van der Waals surface area contributed by atoms with Gasteiger partial charge in [-0.05, 0) is 37.6 Å². The number of aliphatic hydroxyl groups is 1. The van der Waals surface area contributed by atoms with Crippen LogP contribution in [0.3, 0.4) is 0 Å². The standard InChI is InChI=1S/C15H21ClN2O6S/c1-3-8-17-13(20)9-24-15(21)14(10(2)19)18-25(22,23)12-6-4-11(16)5-7-12/h4-7,10,14,18-19H,3,8-9H2,1-2H3,(H,17,20)/t10-,14-/m0/s1. The van der Waals surface area contributed by atoms with Crippen LogP contribution in [0.25, 0.3) is 0 Å². The van der Waals surface area contributed by atoms with Gasteiger partial charge in [-0.2, -0.15) is 4.72 Å². The molecule has 2 atom stereocenters. The lowest BCUT2D eigenvalue weighted by Gasteiger charge is -2.20. The normalized spacial score (nSPS) is 13.8. The van der Waals surface area contributed by atoms with Gasteiger partial charge in [0.25, 0.3) is 5.91 Å². The van der Waals surface area contributed by atoms with E-state index in [4.69, 9.17) is 16.3 Å². The number of carbonyl (C=O) groups excluding carboxylic acids is 2. The number of ether oxygens (including phenoxy) is 1. The van der Waals surface area contributed by atoms with Gasteiger partial charge in [0.15, 0.2) is 6.61 Å². The third-order valence-corrected chi connectivity index (χ3v) is 4.77. The van der Waals surface area contributed by atoms with Crippen LogP contribution in [0.1, 0.15) is 20.3 Å². The zero-order valence-corrected chi connectivity index (χ0v) is 15.4. The van der Waals surface area contributed by atoms with Crippen LogP contribution in [-0.2, 0) is 24.3 Å². The van der Waals surface area contributed by atoms with Gasteiger partial charge >= 0.3 is 5.97 Å². The molecule has 0 spiro atoms. The second-order valence-electron chi connectivity index (χ2n) is 5.25. The Labute approximate surface area is 151 Å². The van der Waals surface area contributed by atoms with Gasteiger partial charge in [-0.15, -0.1) is 0 Å². The third kappa shape index (κ3) is 6.99. The number of hydrogen-bond acceptors (Lipinski definition) is 6. The summed E-state index contributed by atoms with van der Waals surface area (Å²) < 4.78 is 31.4. The van der Waals surface area contributed by atoms with E-state index in [2.05, 4.69) is 10.0 Å². The van der Waals surface area contributed by atoms with Crippen molar-refractivity contribution in [2.24, 2.45) is 0 Å². The van der Waals surface area contributed by atoms with Crippen LogP contribution in [0, 0.1) is 0 Å². The third-order valence-electron chi connectivity index (χ3n) is 3.06. The molecular weight excluding hydrogens is 372 g/mol. The van der Waals surface area contributed by atoms with Gasteiger partial charge in [0.2, 0.25) is 10.0 Å². The summed E-state index contributed by atoms with van der Waals surface area (Å²) >= 11 is 5.71. The molecule has 0 saturated heterocycles. The number of halogens is 1. The molecule has 8 nitrogen and oxygen atoms in total. The highest BCUT2D eigenvalue weighted by molar-refractivity contribution is 7.89. The minimum Gasteiger partial charge on any atom is -0.454 e. The second-order valence-corrected chi connectivity index (χ2v) is 7.40. The Kier molecular flexibility index (Phi) is 8.30. The van der Waals surface area contributed by atoms with Crippen LogP contribution >= 0.6 is 11.6 Å². The predicted molar refractivity (Wildman–Crippen MR) is 91.5 cm³/mol. The van der Waals surface area contributed by atoms with Crippen molar-refractivity contribution in [2.45, 2.75) is 37.3 Å². The fraction of sp³-hybridized carbons (Fsp3) is 0.467. The minimum absolute atomic E-state index is 0.129. The number of hydrogen-bond donors (Lipinski definition) is 3. The Hall–Kier alpha value is -1.68. The number of amides is 1. The summed E-state index contributed by atoms with van der Waals surface area (Å²) in [6.07, 6.45) is -0.648. The van der Waals surface area contributed by atoms with Crippen molar-refractivity contribution in [1.29, 1.82) is 0 Å². The molecule has 1 rings (SSSR count). The Bertz CT molecular complexity index is 690. The number of rotatable bonds is 9. The molecule has 0 saturated carbocycles. The number of esters is 1. The highest BCUT2D eigenvalue weighted by atomic mass is 35.5. The maximum Gasteiger partial charge on any atom is 0.327 e. The second kappa shape index (κ2) is 9.71. The first-order valence-electron chi connectivity index (χ1n) is 7.56. The van der Waals surface area contributed by atoms with Crippen molar-refractivity contribution >= 4 is 33.5 Å². The van der Waals surface area contributed by atoms with Crippen molar-refractivity contribution in [2.75, 3.05) is 13.2 Å². The van der Waals surface area contributed by atoms with Gasteiger partial charge in [-0.25, -0.2) is 8.42 Å². The van der Waals surface area contributed by atoms with E-state index in [9.17, 15) is 23.1 Å². The zero-order valence-electron chi connectivity index (χ0n) is 13.9. The molecule has 25 heavy (non-hydrogen) atoms. The van der Waals surface area contributed by atoms with E-state index in [0.29, 0.717) is 11.6 Å². The fourth-order valence-corrected chi connectivity index (χ4v) is 3.12. The largest absolute Gasteiger partial charge is 0.454 e. The Balaban J connectivity index is 2.77. The average Bonchev–Trinajstić information content (AvgIpc) is 2.55. The molecule has 0 radical (unpaired) electrons. The zero-order chi connectivity index (χ0) is 19.0. The molecule has 0 aliphatic heterocycles.